The van der Waals surface area contributed by atoms with Crippen molar-refractivity contribution in [3.8, 4) is 0 Å². The van der Waals surface area contributed by atoms with Crippen LogP contribution in [0.25, 0.3) is 0 Å². The third kappa shape index (κ3) is 3.56. The van der Waals surface area contributed by atoms with E-state index in [0.717, 1.165) is 11.7 Å². The first-order valence-corrected chi connectivity index (χ1v) is 6.99. The molecule has 5 heteroatoms. The Bertz CT molecular complexity index is 424. The van der Waals surface area contributed by atoms with E-state index >= 15 is 0 Å². The average Bonchev–Trinajstić information content (AvgIpc) is 2.35. The Labute approximate surface area is 115 Å². The summed E-state index contributed by atoms with van der Waals surface area (Å²) in [6, 6.07) is 2.26. The summed E-state index contributed by atoms with van der Waals surface area (Å²) in [4.78, 5) is 8.60. The lowest BCUT2D eigenvalue weighted by Gasteiger charge is -2.35. The van der Waals surface area contributed by atoms with Gasteiger partial charge >= 0.3 is 0 Å². The summed E-state index contributed by atoms with van der Waals surface area (Å²) in [5.41, 5.74) is 5.81. The molecule has 0 saturated heterocycles. The lowest BCUT2D eigenvalue weighted by atomic mass is 9.78. The van der Waals surface area contributed by atoms with Gasteiger partial charge < -0.3 is 15.8 Å². The molecule has 0 aromatic carbocycles. The van der Waals surface area contributed by atoms with Gasteiger partial charge in [0.2, 0.25) is 0 Å². The van der Waals surface area contributed by atoms with Crippen LogP contribution < -0.4 is 11.1 Å². The van der Waals surface area contributed by atoms with Gasteiger partial charge in [-0.15, -0.1) is 0 Å². The molecule has 3 unspecified atom stereocenters. The third-order valence-corrected chi connectivity index (χ3v) is 4.11. The molecule has 0 spiro atoms. The van der Waals surface area contributed by atoms with Crippen LogP contribution in [-0.4, -0.2) is 23.1 Å². The number of nitrogens with zero attached hydrogens (tertiary/aromatic N) is 2. The van der Waals surface area contributed by atoms with E-state index < -0.39 is 0 Å². The molecule has 3 atom stereocenters. The molecule has 1 aliphatic rings. The molecular formula is C14H24N4O. The van der Waals surface area contributed by atoms with Gasteiger partial charge in [-0.25, -0.2) is 9.97 Å². The summed E-state index contributed by atoms with van der Waals surface area (Å²) in [7, 11) is 1.63. The van der Waals surface area contributed by atoms with E-state index in [4.69, 9.17) is 10.5 Å². The fraction of sp³-hybridized carbons (Fsp3) is 0.714. The highest BCUT2D eigenvalue weighted by molar-refractivity contribution is 5.45. The molecular weight excluding hydrogens is 240 g/mol. The largest absolute Gasteiger partial charge is 0.384 e. The van der Waals surface area contributed by atoms with E-state index in [0.29, 0.717) is 30.2 Å². The maximum absolute atomic E-state index is 5.81. The minimum atomic E-state index is 0.385. The van der Waals surface area contributed by atoms with Gasteiger partial charge in [-0.05, 0) is 18.3 Å². The van der Waals surface area contributed by atoms with Crippen molar-refractivity contribution < 1.29 is 4.74 Å². The first-order valence-electron chi connectivity index (χ1n) is 6.99. The van der Waals surface area contributed by atoms with Gasteiger partial charge in [0.15, 0.2) is 5.82 Å². The maximum atomic E-state index is 5.81. The van der Waals surface area contributed by atoms with Gasteiger partial charge in [0.25, 0.3) is 0 Å². The first kappa shape index (κ1) is 14.1. The van der Waals surface area contributed by atoms with Gasteiger partial charge in [-0.1, -0.05) is 26.7 Å². The fourth-order valence-electron chi connectivity index (χ4n) is 2.76. The molecule has 0 radical (unpaired) electrons. The van der Waals surface area contributed by atoms with E-state index in [2.05, 4.69) is 29.1 Å². The quantitative estimate of drug-likeness (QED) is 0.874. The smallest absolute Gasteiger partial charge is 0.158 e. The number of anilines is 2. The van der Waals surface area contributed by atoms with Crippen LogP contribution in [-0.2, 0) is 11.3 Å². The van der Waals surface area contributed by atoms with Crippen molar-refractivity contribution in [2.24, 2.45) is 11.8 Å². The number of hydrogen-bond acceptors (Lipinski definition) is 5. The molecule has 0 aliphatic heterocycles. The lowest BCUT2D eigenvalue weighted by Crippen LogP contribution is -2.35. The van der Waals surface area contributed by atoms with Crippen molar-refractivity contribution in [1.82, 2.24) is 9.97 Å². The summed E-state index contributed by atoms with van der Waals surface area (Å²) in [5, 5.41) is 3.51. The van der Waals surface area contributed by atoms with Crippen LogP contribution in [0.5, 0.6) is 0 Å². The van der Waals surface area contributed by atoms with Gasteiger partial charge in [0.05, 0.1) is 0 Å². The second kappa shape index (κ2) is 6.19. The minimum Gasteiger partial charge on any atom is -0.384 e. The maximum Gasteiger partial charge on any atom is 0.158 e. The number of nitrogens with two attached hydrogens (primary N) is 1. The number of ether oxygens (including phenoxy) is 1. The Morgan fingerprint density at radius 1 is 1.37 bits per heavy atom. The van der Waals surface area contributed by atoms with Crippen LogP contribution in [0, 0.1) is 11.8 Å². The van der Waals surface area contributed by atoms with Crippen LogP contribution in [0.3, 0.4) is 0 Å². The Hall–Kier alpha value is -1.36. The second-order valence-electron chi connectivity index (χ2n) is 5.55. The highest BCUT2D eigenvalue weighted by Crippen LogP contribution is 2.31. The van der Waals surface area contributed by atoms with Crippen LogP contribution in [0.2, 0.25) is 0 Å². The summed E-state index contributed by atoms with van der Waals surface area (Å²) in [6.07, 6.45) is 3.78. The molecule has 1 heterocycles. The monoisotopic (exact) mass is 264 g/mol. The molecule has 3 N–H and O–H groups in total. The number of hydrogen-bond donors (Lipinski definition) is 2. The molecule has 1 aliphatic carbocycles. The van der Waals surface area contributed by atoms with E-state index in [9.17, 15) is 0 Å². The molecule has 0 amide bonds. The van der Waals surface area contributed by atoms with E-state index in [-0.39, 0.29) is 0 Å². The molecule has 1 saturated carbocycles. The van der Waals surface area contributed by atoms with Gasteiger partial charge in [-0.3, -0.25) is 0 Å². The number of nitrogens with one attached hydrogen (secondary N) is 1. The van der Waals surface area contributed by atoms with Crippen molar-refractivity contribution in [3.05, 3.63) is 11.9 Å². The highest BCUT2D eigenvalue weighted by Gasteiger charge is 2.27. The van der Waals surface area contributed by atoms with Gasteiger partial charge in [0, 0.05) is 19.2 Å². The number of methoxy groups -OCH3 is 1. The van der Waals surface area contributed by atoms with Crippen LogP contribution in [0.15, 0.2) is 6.07 Å². The highest BCUT2D eigenvalue weighted by atomic mass is 16.5. The summed E-state index contributed by atoms with van der Waals surface area (Å²) < 4.78 is 5.06. The molecule has 5 nitrogen and oxygen atoms in total. The number of aromatic nitrogens is 2. The average molecular weight is 264 g/mol. The zero-order valence-corrected chi connectivity index (χ0v) is 12.0. The van der Waals surface area contributed by atoms with E-state index in [1.54, 1.807) is 13.2 Å². The van der Waals surface area contributed by atoms with Crippen LogP contribution in [0.1, 0.15) is 38.9 Å². The minimum absolute atomic E-state index is 0.385. The topological polar surface area (TPSA) is 73.1 Å². The molecule has 1 fully saturated rings. The molecule has 1 aromatic rings. The predicted octanol–water partition coefficient (Wildman–Crippen LogP) is 2.44. The van der Waals surface area contributed by atoms with E-state index in [1.165, 1.54) is 19.3 Å². The Morgan fingerprint density at radius 3 is 2.89 bits per heavy atom. The zero-order valence-electron chi connectivity index (χ0n) is 12.0. The number of nitrogen functional groups attached to an aromatic ring is 1. The van der Waals surface area contributed by atoms with Crippen molar-refractivity contribution in [2.45, 2.75) is 45.8 Å². The normalized spacial score (nSPS) is 27.2. The molecule has 2 rings (SSSR count). The van der Waals surface area contributed by atoms with Crippen molar-refractivity contribution in [1.29, 1.82) is 0 Å². The Balaban J connectivity index is 2.09. The SMILES string of the molecule is COCc1nc(N)cc(NC2CCCC(C)C2C)n1. The summed E-state index contributed by atoms with van der Waals surface area (Å²) in [6.45, 7) is 5.02. The first-order chi connectivity index (χ1) is 9.10. The molecule has 19 heavy (non-hydrogen) atoms. The number of rotatable bonds is 4. The lowest BCUT2D eigenvalue weighted by molar-refractivity contribution is 0.178. The van der Waals surface area contributed by atoms with Crippen molar-refractivity contribution in [2.75, 3.05) is 18.2 Å². The third-order valence-electron chi connectivity index (χ3n) is 4.11. The summed E-state index contributed by atoms with van der Waals surface area (Å²) in [5.74, 6) is 3.33. The Kier molecular flexibility index (Phi) is 4.58. The second-order valence-corrected chi connectivity index (χ2v) is 5.55. The molecule has 1 aromatic heterocycles. The van der Waals surface area contributed by atoms with Crippen LogP contribution in [0.4, 0.5) is 11.6 Å². The van der Waals surface area contributed by atoms with Crippen molar-refractivity contribution in [3.63, 3.8) is 0 Å². The Morgan fingerprint density at radius 2 is 2.16 bits per heavy atom. The van der Waals surface area contributed by atoms with Gasteiger partial charge in [0.1, 0.15) is 18.2 Å². The predicted molar refractivity (Wildman–Crippen MR) is 76.7 cm³/mol. The fourth-order valence-corrected chi connectivity index (χ4v) is 2.76. The summed E-state index contributed by atoms with van der Waals surface area (Å²) >= 11 is 0. The zero-order chi connectivity index (χ0) is 13.8. The van der Waals surface area contributed by atoms with E-state index in [1.807, 2.05) is 0 Å². The van der Waals surface area contributed by atoms with Crippen LogP contribution >= 0.6 is 0 Å². The van der Waals surface area contributed by atoms with Gasteiger partial charge in [-0.2, -0.15) is 0 Å². The molecule has 106 valence electrons. The van der Waals surface area contributed by atoms with Crippen molar-refractivity contribution >= 4 is 11.6 Å². The molecule has 0 bridgehead atoms. The standard InChI is InChI=1S/C14H24N4O/c1-9-5-4-6-11(10(9)2)16-13-7-12(15)17-14(18-13)8-19-3/h7,9-11H,4-6,8H2,1-3H3,(H3,15,16,17,18).